The predicted octanol–water partition coefficient (Wildman–Crippen LogP) is 4.54. The third kappa shape index (κ3) is 4.06. The van der Waals surface area contributed by atoms with Crippen LogP contribution in [0.4, 0.5) is 5.69 Å². The topological polar surface area (TPSA) is 62.3 Å². The van der Waals surface area contributed by atoms with E-state index in [2.05, 4.69) is 4.90 Å². The Morgan fingerprint density at radius 3 is 2.26 bits per heavy atom. The first kappa shape index (κ1) is 24.6. The van der Waals surface area contributed by atoms with Crippen LogP contribution in [0, 0.1) is 0 Å². The molecule has 6 rings (SSSR count). The van der Waals surface area contributed by atoms with Crippen molar-refractivity contribution in [2.75, 3.05) is 51.8 Å². The number of carbonyl (C=O) groups excluding carboxylic acids is 2. The van der Waals surface area contributed by atoms with Crippen LogP contribution in [0.2, 0.25) is 5.02 Å². The number of methoxy groups -OCH3 is 2. The lowest BCUT2D eigenvalue weighted by atomic mass is 9.75. The van der Waals surface area contributed by atoms with Gasteiger partial charge < -0.3 is 24.2 Å². The van der Waals surface area contributed by atoms with Crippen LogP contribution in [0.3, 0.4) is 0 Å². The van der Waals surface area contributed by atoms with Gasteiger partial charge in [-0.2, -0.15) is 0 Å². The van der Waals surface area contributed by atoms with Crippen LogP contribution in [-0.2, 0) is 11.2 Å². The molecule has 3 aliphatic rings. The Hall–Kier alpha value is -3.71. The maximum atomic E-state index is 14.3. The summed E-state index contributed by atoms with van der Waals surface area (Å²) in [6, 6.07) is 18.9. The smallest absolute Gasteiger partial charge is 0.254 e. The minimum atomic E-state index is -0.497. The second kappa shape index (κ2) is 9.87. The number of ether oxygens (including phenoxy) is 2. The Kier molecular flexibility index (Phi) is 6.40. The Morgan fingerprint density at radius 2 is 1.55 bits per heavy atom. The highest BCUT2D eigenvalue weighted by Gasteiger charge is 2.48. The van der Waals surface area contributed by atoms with Crippen molar-refractivity contribution in [1.29, 1.82) is 0 Å². The van der Waals surface area contributed by atoms with Gasteiger partial charge in [0.15, 0.2) is 11.5 Å². The van der Waals surface area contributed by atoms with E-state index < -0.39 is 12.0 Å². The van der Waals surface area contributed by atoms with Crippen molar-refractivity contribution >= 4 is 29.1 Å². The number of halogens is 1. The third-order valence-electron chi connectivity index (χ3n) is 8.07. The predicted molar refractivity (Wildman–Crippen MR) is 146 cm³/mol. The fourth-order valence-corrected chi connectivity index (χ4v) is 6.28. The molecule has 2 atom stereocenters. The van der Waals surface area contributed by atoms with Crippen molar-refractivity contribution in [3.05, 3.63) is 87.9 Å². The molecule has 0 saturated carbocycles. The first-order valence-electron chi connectivity index (χ1n) is 12.9. The number of anilines is 1. The average Bonchev–Trinajstić information content (AvgIpc) is 2.96. The molecule has 196 valence electrons. The van der Waals surface area contributed by atoms with Crippen LogP contribution < -0.4 is 14.4 Å². The number of amides is 2. The maximum Gasteiger partial charge on any atom is 0.254 e. The van der Waals surface area contributed by atoms with Crippen molar-refractivity contribution in [3.63, 3.8) is 0 Å². The molecule has 0 bridgehead atoms. The second-order valence-corrected chi connectivity index (χ2v) is 10.4. The van der Waals surface area contributed by atoms with Gasteiger partial charge >= 0.3 is 0 Å². The summed E-state index contributed by atoms with van der Waals surface area (Å²) in [5.41, 5.74) is 4.55. The van der Waals surface area contributed by atoms with Crippen molar-refractivity contribution in [1.82, 2.24) is 9.80 Å². The van der Waals surface area contributed by atoms with Crippen molar-refractivity contribution < 1.29 is 19.1 Å². The number of hydrogen-bond acceptors (Lipinski definition) is 5. The molecule has 8 heteroatoms. The summed E-state index contributed by atoms with van der Waals surface area (Å²) >= 11 is 6.07. The van der Waals surface area contributed by atoms with E-state index in [0.29, 0.717) is 48.1 Å². The largest absolute Gasteiger partial charge is 0.493 e. The number of hydrogen-bond donors (Lipinski definition) is 0. The average molecular weight is 532 g/mol. The molecule has 3 heterocycles. The number of nitrogens with zero attached hydrogens (tertiary/aromatic N) is 3. The van der Waals surface area contributed by atoms with E-state index in [-0.39, 0.29) is 11.8 Å². The number of piperazine rings is 1. The van der Waals surface area contributed by atoms with Gasteiger partial charge in [0.1, 0.15) is 0 Å². The van der Waals surface area contributed by atoms with Crippen LogP contribution in [0.15, 0.2) is 60.7 Å². The van der Waals surface area contributed by atoms with E-state index in [9.17, 15) is 9.59 Å². The van der Waals surface area contributed by atoms with Gasteiger partial charge in [-0.1, -0.05) is 29.8 Å². The molecule has 7 nitrogen and oxygen atoms in total. The fraction of sp³-hybridized carbons (Fsp3) is 0.333. The lowest BCUT2D eigenvalue weighted by molar-refractivity contribution is -0.135. The van der Waals surface area contributed by atoms with Gasteiger partial charge in [0.05, 0.1) is 26.2 Å². The summed E-state index contributed by atoms with van der Waals surface area (Å²) in [4.78, 5) is 34.1. The van der Waals surface area contributed by atoms with E-state index in [4.69, 9.17) is 21.1 Å². The van der Waals surface area contributed by atoms with Crippen molar-refractivity contribution in [2.45, 2.75) is 18.4 Å². The highest BCUT2D eigenvalue weighted by molar-refractivity contribution is 6.30. The molecule has 0 radical (unpaired) electrons. The normalized spacial score (nSPS) is 20.4. The molecule has 0 aromatic heterocycles. The molecule has 2 amide bonds. The van der Waals surface area contributed by atoms with E-state index >= 15 is 0 Å². The molecule has 0 N–H and O–H groups in total. The van der Waals surface area contributed by atoms with E-state index in [1.807, 2.05) is 70.5 Å². The summed E-state index contributed by atoms with van der Waals surface area (Å²) in [6.45, 7) is 3.24. The molecule has 1 fully saturated rings. The van der Waals surface area contributed by atoms with Crippen LogP contribution in [0.1, 0.15) is 39.0 Å². The van der Waals surface area contributed by atoms with Crippen molar-refractivity contribution in [2.24, 2.45) is 0 Å². The number of carbonyl (C=O) groups is 2. The van der Waals surface area contributed by atoms with Gasteiger partial charge in [-0.05, 0) is 65.6 Å². The van der Waals surface area contributed by atoms with Gasteiger partial charge in [0.25, 0.3) is 5.91 Å². The molecule has 3 aromatic carbocycles. The van der Waals surface area contributed by atoms with Gasteiger partial charge in [-0.25, -0.2) is 0 Å². The molecule has 0 spiro atoms. The SMILES string of the molecule is COc1cc2c(cc1OC)[C@H]1[C@@H](C(=O)N3CCN(c4ccc(Cl)cc4)CC3)c3ccccc3C(=O)N1CC2. The maximum absolute atomic E-state index is 14.3. The molecule has 3 aliphatic heterocycles. The summed E-state index contributed by atoms with van der Waals surface area (Å²) < 4.78 is 11.2. The minimum absolute atomic E-state index is 0.0253. The zero-order valence-corrected chi connectivity index (χ0v) is 22.3. The highest BCUT2D eigenvalue weighted by Crippen LogP contribution is 2.49. The van der Waals surface area contributed by atoms with E-state index in [0.717, 1.165) is 35.5 Å². The van der Waals surface area contributed by atoms with E-state index in [1.54, 1.807) is 14.2 Å². The Morgan fingerprint density at radius 1 is 0.868 bits per heavy atom. The standard InChI is InChI=1S/C30H30ClN3O4/c1-37-25-17-19-11-12-34-28(24(19)18-26(25)38-2)27(22-5-3-4-6-23(22)29(34)35)30(36)33-15-13-32(14-16-33)21-9-7-20(31)8-10-21/h3-10,17-18,27-28H,11-16H2,1-2H3/t27-,28-/m0/s1. The summed E-state index contributed by atoms with van der Waals surface area (Å²) in [7, 11) is 3.23. The summed E-state index contributed by atoms with van der Waals surface area (Å²) in [6.07, 6.45) is 0.695. The molecule has 0 unspecified atom stereocenters. The van der Waals surface area contributed by atoms with Gasteiger partial charge in [-0.15, -0.1) is 0 Å². The second-order valence-electron chi connectivity index (χ2n) is 9.95. The Bertz CT molecular complexity index is 1380. The van der Waals surface area contributed by atoms with Gasteiger partial charge in [-0.3, -0.25) is 9.59 Å². The van der Waals surface area contributed by atoms with Crippen LogP contribution in [0.25, 0.3) is 0 Å². The van der Waals surface area contributed by atoms with Crippen LogP contribution >= 0.6 is 11.6 Å². The lowest BCUT2D eigenvalue weighted by Crippen LogP contribution is -2.54. The number of rotatable bonds is 4. The van der Waals surface area contributed by atoms with Crippen LogP contribution in [0.5, 0.6) is 11.5 Å². The molecular formula is C30H30ClN3O4. The Labute approximate surface area is 227 Å². The molecule has 1 saturated heterocycles. The van der Waals surface area contributed by atoms with Crippen molar-refractivity contribution in [3.8, 4) is 11.5 Å². The molecule has 38 heavy (non-hydrogen) atoms. The van der Waals surface area contributed by atoms with E-state index in [1.165, 1.54) is 0 Å². The number of fused-ring (bicyclic) bond motifs is 4. The molecule has 0 aliphatic carbocycles. The zero-order valence-electron chi connectivity index (χ0n) is 21.5. The first-order valence-corrected chi connectivity index (χ1v) is 13.3. The Balaban J connectivity index is 1.36. The molecular weight excluding hydrogens is 502 g/mol. The van der Waals surface area contributed by atoms with Gasteiger partial charge in [0, 0.05) is 49.0 Å². The summed E-state index contributed by atoms with van der Waals surface area (Å²) in [5, 5.41) is 0.708. The van der Waals surface area contributed by atoms with Gasteiger partial charge in [0.2, 0.25) is 5.91 Å². The third-order valence-corrected chi connectivity index (χ3v) is 8.33. The number of benzene rings is 3. The molecule has 3 aromatic rings. The first-order chi connectivity index (χ1) is 18.5. The lowest BCUT2D eigenvalue weighted by Gasteiger charge is -2.47. The highest BCUT2D eigenvalue weighted by atomic mass is 35.5. The minimum Gasteiger partial charge on any atom is -0.493 e. The monoisotopic (exact) mass is 531 g/mol. The zero-order chi connectivity index (χ0) is 26.4. The fourth-order valence-electron chi connectivity index (χ4n) is 6.15. The van der Waals surface area contributed by atoms with Crippen LogP contribution in [-0.4, -0.2) is 68.6 Å². The summed E-state index contributed by atoms with van der Waals surface area (Å²) in [5.74, 6) is 0.787. The quantitative estimate of drug-likeness (QED) is 0.494.